The Kier molecular flexibility index (Phi) is 4.46. The molecule has 1 aliphatic heterocycles. The summed E-state index contributed by atoms with van der Waals surface area (Å²) in [7, 11) is 0. The van der Waals surface area contributed by atoms with E-state index in [0.29, 0.717) is 12.5 Å². The van der Waals surface area contributed by atoms with Crippen LogP contribution in [0, 0.1) is 0 Å². The topological polar surface area (TPSA) is 47.0 Å². The van der Waals surface area contributed by atoms with Gasteiger partial charge in [-0.3, -0.25) is 0 Å². The SMILES string of the molecule is CCOc1cccc(-c2cnc(C3CCCNC3)nc2)c1. The average Bonchev–Trinajstić information content (AvgIpc) is 2.56. The molecule has 0 aliphatic carbocycles. The summed E-state index contributed by atoms with van der Waals surface area (Å²) in [4.78, 5) is 9.12. The fraction of sp³-hybridized carbons (Fsp3) is 0.412. The Morgan fingerprint density at radius 2 is 2.10 bits per heavy atom. The zero-order valence-electron chi connectivity index (χ0n) is 12.4. The summed E-state index contributed by atoms with van der Waals surface area (Å²) < 4.78 is 5.54. The van der Waals surface area contributed by atoms with Crippen LogP contribution in [0.1, 0.15) is 31.5 Å². The molecule has 1 fully saturated rings. The number of ether oxygens (including phenoxy) is 1. The normalized spacial score (nSPS) is 18.4. The minimum absolute atomic E-state index is 0.447. The highest BCUT2D eigenvalue weighted by molar-refractivity contribution is 5.63. The third-order valence-electron chi connectivity index (χ3n) is 3.81. The summed E-state index contributed by atoms with van der Waals surface area (Å²) in [6.45, 7) is 4.76. The number of rotatable bonds is 4. The molecule has 2 aromatic rings. The van der Waals surface area contributed by atoms with Gasteiger partial charge in [-0.15, -0.1) is 0 Å². The van der Waals surface area contributed by atoms with Gasteiger partial charge in [0, 0.05) is 30.4 Å². The number of aromatic nitrogens is 2. The monoisotopic (exact) mass is 283 g/mol. The van der Waals surface area contributed by atoms with Crippen LogP contribution in [0.3, 0.4) is 0 Å². The van der Waals surface area contributed by atoms with E-state index in [1.54, 1.807) is 0 Å². The van der Waals surface area contributed by atoms with Crippen LogP contribution < -0.4 is 10.1 Å². The lowest BCUT2D eigenvalue weighted by Crippen LogP contribution is -2.29. The van der Waals surface area contributed by atoms with Gasteiger partial charge in [-0.25, -0.2) is 9.97 Å². The van der Waals surface area contributed by atoms with E-state index >= 15 is 0 Å². The Bertz CT molecular complexity index is 577. The molecule has 0 spiro atoms. The van der Waals surface area contributed by atoms with Crippen molar-refractivity contribution in [2.75, 3.05) is 19.7 Å². The smallest absolute Gasteiger partial charge is 0.132 e. The predicted octanol–water partition coefficient (Wildman–Crippen LogP) is 3.01. The van der Waals surface area contributed by atoms with E-state index in [1.807, 2.05) is 37.5 Å². The molecule has 1 aromatic heterocycles. The summed E-state index contributed by atoms with van der Waals surface area (Å²) in [6.07, 6.45) is 6.21. The third kappa shape index (κ3) is 3.39. The Morgan fingerprint density at radius 1 is 1.24 bits per heavy atom. The van der Waals surface area contributed by atoms with Gasteiger partial charge in [0.2, 0.25) is 0 Å². The van der Waals surface area contributed by atoms with E-state index in [1.165, 1.54) is 12.8 Å². The van der Waals surface area contributed by atoms with E-state index in [9.17, 15) is 0 Å². The van der Waals surface area contributed by atoms with Crippen LogP contribution in [0.5, 0.6) is 5.75 Å². The number of hydrogen-bond donors (Lipinski definition) is 1. The first-order valence-corrected chi connectivity index (χ1v) is 7.62. The molecule has 21 heavy (non-hydrogen) atoms. The molecule has 4 heteroatoms. The molecule has 1 unspecified atom stereocenters. The van der Waals surface area contributed by atoms with E-state index in [-0.39, 0.29) is 0 Å². The zero-order valence-corrected chi connectivity index (χ0v) is 12.4. The molecule has 3 rings (SSSR count). The Balaban J connectivity index is 1.78. The first-order valence-electron chi connectivity index (χ1n) is 7.62. The van der Waals surface area contributed by atoms with Gasteiger partial charge in [-0.05, 0) is 44.0 Å². The number of benzene rings is 1. The van der Waals surface area contributed by atoms with Gasteiger partial charge < -0.3 is 10.1 Å². The summed E-state index contributed by atoms with van der Waals surface area (Å²) in [5.74, 6) is 2.28. The van der Waals surface area contributed by atoms with Crippen LogP contribution in [0.4, 0.5) is 0 Å². The Morgan fingerprint density at radius 3 is 2.81 bits per heavy atom. The first kappa shape index (κ1) is 14.0. The maximum atomic E-state index is 5.54. The minimum Gasteiger partial charge on any atom is -0.494 e. The highest BCUT2D eigenvalue weighted by Crippen LogP contribution is 2.25. The van der Waals surface area contributed by atoms with Crippen molar-refractivity contribution in [1.29, 1.82) is 0 Å². The molecule has 0 amide bonds. The van der Waals surface area contributed by atoms with Gasteiger partial charge in [-0.2, -0.15) is 0 Å². The Labute approximate surface area is 125 Å². The van der Waals surface area contributed by atoms with Crippen molar-refractivity contribution in [3.63, 3.8) is 0 Å². The van der Waals surface area contributed by atoms with Crippen molar-refractivity contribution < 1.29 is 4.74 Å². The van der Waals surface area contributed by atoms with Gasteiger partial charge >= 0.3 is 0 Å². The predicted molar refractivity (Wildman–Crippen MR) is 83.5 cm³/mol. The maximum Gasteiger partial charge on any atom is 0.132 e. The van der Waals surface area contributed by atoms with Crippen LogP contribution in [-0.4, -0.2) is 29.7 Å². The van der Waals surface area contributed by atoms with E-state index in [0.717, 1.165) is 35.8 Å². The molecule has 4 nitrogen and oxygen atoms in total. The molecule has 1 N–H and O–H groups in total. The zero-order chi connectivity index (χ0) is 14.5. The highest BCUT2D eigenvalue weighted by atomic mass is 16.5. The number of nitrogens with one attached hydrogen (secondary N) is 1. The fourth-order valence-electron chi connectivity index (χ4n) is 2.70. The molecule has 2 heterocycles. The quantitative estimate of drug-likeness (QED) is 0.937. The van der Waals surface area contributed by atoms with Gasteiger partial charge in [0.1, 0.15) is 11.6 Å². The second-order valence-corrected chi connectivity index (χ2v) is 5.33. The van der Waals surface area contributed by atoms with Crippen LogP contribution in [0.25, 0.3) is 11.1 Å². The van der Waals surface area contributed by atoms with Crippen molar-refractivity contribution in [1.82, 2.24) is 15.3 Å². The van der Waals surface area contributed by atoms with Gasteiger partial charge in [0.05, 0.1) is 6.61 Å². The molecule has 1 aromatic carbocycles. The highest BCUT2D eigenvalue weighted by Gasteiger charge is 2.17. The third-order valence-corrected chi connectivity index (χ3v) is 3.81. The minimum atomic E-state index is 0.447. The molecule has 110 valence electrons. The van der Waals surface area contributed by atoms with Crippen molar-refractivity contribution in [2.45, 2.75) is 25.7 Å². The standard InChI is InChI=1S/C17H21N3O/c1-2-21-16-7-3-5-13(9-16)15-11-19-17(20-12-15)14-6-4-8-18-10-14/h3,5,7,9,11-12,14,18H,2,4,6,8,10H2,1H3. The van der Waals surface area contributed by atoms with Crippen molar-refractivity contribution in [3.8, 4) is 16.9 Å². The second-order valence-electron chi connectivity index (χ2n) is 5.33. The average molecular weight is 283 g/mol. The molecule has 0 saturated carbocycles. The van der Waals surface area contributed by atoms with Gasteiger partial charge in [0.25, 0.3) is 0 Å². The van der Waals surface area contributed by atoms with Crippen molar-refractivity contribution in [3.05, 3.63) is 42.5 Å². The van der Waals surface area contributed by atoms with E-state index in [2.05, 4.69) is 21.4 Å². The van der Waals surface area contributed by atoms with Crippen LogP contribution >= 0.6 is 0 Å². The van der Waals surface area contributed by atoms with Crippen LogP contribution in [0.2, 0.25) is 0 Å². The Hall–Kier alpha value is -1.94. The number of nitrogens with zero attached hydrogens (tertiary/aromatic N) is 2. The van der Waals surface area contributed by atoms with Gasteiger partial charge in [-0.1, -0.05) is 12.1 Å². The summed E-state index contributed by atoms with van der Waals surface area (Å²) >= 11 is 0. The van der Waals surface area contributed by atoms with Gasteiger partial charge in [0.15, 0.2) is 0 Å². The van der Waals surface area contributed by atoms with Crippen molar-refractivity contribution in [2.24, 2.45) is 0 Å². The molecule has 1 atom stereocenters. The molecule has 1 saturated heterocycles. The molecule has 0 bridgehead atoms. The van der Waals surface area contributed by atoms with Crippen LogP contribution in [-0.2, 0) is 0 Å². The lowest BCUT2D eigenvalue weighted by Gasteiger charge is -2.21. The first-order chi connectivity index (χ1) is 10.4. The largest absolute Gasteiger partial charge is 0.494 e. The molecular formula is C17H21N3O. The molecule has 0 radical (unpaired) electrons. The molecular weight excluding hydrogens is 262 g/mol. The van der Waals surface area contributed by atoms with E-state index in [4.69, 9.17) is 4.74 Å². The molecule has 1 aliphatic rings. The summed E-state index contributed by atoms with van der Waals surface area (Å²) in [5.41, 5.74) is 2.12. The lowest BCUT2D eigenvalue weighted by atomic mass is 9.98. The maximum absolute atomic E-state index is 5.54. The second kappa shape index (κ2) is 6.68. The number of hydrogen-bond acceptors (Lipinski definition) is 4. The van der Waals surface area contributed by atoms with Crippen LogP contribution in [0.15, 0.2) is 36.7 Å². The summed E-state index contributed by atoms with van der Waals surface area (Å²) in [5, 5.41) is 3.40. The van der Waals surface area contributed by atoms with Crippen molar-refractivity contribution >= 4 is 0 Å². The lowest BCUT2D eigenvalue weighted by molar-refractivity contribution is 0.340. The summed E-state index contributed by atoms with van der Waals surface area (Å²) in [6, 6.07) is 8.06. The van der Waals surface area contributed by atoms with E-state index < -0.39 is 0 Å². The number of piperidine rings is 1. The fourth-order valence-corrected chi connectivity index (χ4v) is 2.70.